The highest BCUT2D eigenvalue weighted by Crippen LogP contribution is 2.30. The van der Waals surface area contributed by atoms with Crippen LogP contribution in [0.3, 0.4) is 0 Å². The molecular weight excluding hydrogens is 440 g/mol. The molecule has 2 rings (SSSR count). The number of hydrogen-bond acceptors (Lipinski definition) is 2. The number of benzene rings is 1. The average molecular weight is 467 g/mol. The molecule has 1 aromatic carbocycles. The van der Waals surface area contributed by atoms with Crippen LogP contribution in [0.1, 0.15) is 42.4 Å². The van der Waals surface area contributed by atoms with Crippen LogP contribution in [0.15, 0.2) is 53.8 Å². The monoisotopic (exact) mass is 467 g/mol. The van der Waals surface area contributed by atoms with E-state index in [0.717, 1.165) is 23.8 Å². The Hall–Kier alpha value is -1.81. The van der Waals surface area contributed by atoms with E-state index in [0.29, 0.717) is 13.1 Å². The van der Waals surface area contributed by atoms with Crippen LogP contribution in [0.2, 0.25) is 0 Å². The van der Waals surface area contributed by atoms with E-state index in [-0.39, 0.29) is 0 Å². The van der Waals surface area contributed by atoms with Crippen molar-refractivity contribution in [3.05, 3.63) is 76.9 Å². The van der Waals surface area contributed by atoms with Gasteiger partial charge in [0.1, 0.15) is 0 Å². The van der Waals surface area contributed by atoms with E-state index >= 15 is 0 Å². The quantitative estimate of drug-likeness (QED) is 0.213. The molecule has 5 heteroatoms. The van der Waals surface area contributed by atoms with Crippen molar-refractivity contribution in [1.29, 1.82) is 0 Å². The van der Waals surface area contributed by atoms with Gasteiger partial charge in [-0.25, -0.2) is 6.57 Å². The van der Waals surface area contributed by atoms with E-state index in [2.05, 4.69) is 80.7 Å². The molecule has 0 saturated carbocycles. The summed E-state index contributed by atoms with van der Waals surface area (Å²) in [7, 11) is 1.92. The standard InChI is InChI=1S/C18H21IN2.C2H3N.CH3F/c1-2-11-20-13-16-9-12-21-14-18(16)17(8-10-19)15-6-4-3-5-7-15;1-3-2;1-2/h3-7,9,12-14,17H,2,8,10-11H2,1H3;1H3;1H3. The van der Waals surface area contributed by atoms with Gasteiger partial charge in [-0.15, -0.1) is 0 Å². The third-order valence-corrected chi connectivity index (χ3v) is 4.07. The minimum atomic E-state index is 0.389. The molecule has 0 aliphatic heterocycles. The van der Waals surface area contributed by atoms with Crippen molar-refractivity contribution in [3.63, 3.8) is 0 Å². The fourth-order valence-corrected chi connectivity index (χ4v) is 3.04. The third-order valence-electron chi connectivity index (χ3n) is 3.45. The molecule has 0 N–H and O–H groups in total. The molecule has 3 nitrogen and oxygen atoms in total. The number of aliphatic imine (C=N–C) groups is 1. The van der Waals surface area contributed by atoms with Gasteiger partial charge in [0.2, 0.25) is 7.05 Å². The fraction of sp³-hybridized carbons (Fsp3) is 0.381. The van der Waals surface area contributed by atoms with Gasteiger partial charge in [0, 0.05) is 35.5 Å². The first-order chi connectivity index (χ1) is 12.8. The van der Waals surface area contributed by atoms with Crippen LogP contribution in [0.25, 0.3) is 4.85 Å². The van der Waals surface area contributed by atoms with Gasteiger partial charge in [-0.2, -0.15) is 0 Å². The zero-order valence-electron chi connectivity index (χ0n) is 15.7. The maximum absolute atomic E-state index is 9.50. The molecule has 0 amide bonds. The van der Waals surface area contributed by atoms with Crippen molar-refractivity contribution in [1.82, 2.24) is 4.98 Å². The second-order valence-corrected chi connectivity index (χ2v) is 6.28. The Morgan fingerprint density at radius 3 is 2.50 bits per heavy atom. The van der Waals surface area contributed by atoms with Crippen LogP contribution in [0, 0.1) is 6.57 Å². The van der Waals surface area contributed by atoms with Gasteiger partial charge in [0.05, 0.1) is 7.18 Å². The Balaban J connectivity index is 0.00000113. The third kappa shape index (κ3) is 9.04. The molecule has 0 spiro atoms. The Morgan fingerprint density at radius 2 is 1.92 bits per heavy atom. The largest absolute Gasteiger partial charge is 0.320 e. The topological polar surface area (TPSA) is 29.6 Å². The Bertz CT molecular complexity index is 654. The summed E-state index contributed by atoms with van der Waals surface area (Å²) in [5, 5.41) is 0. The SMILES string of the molecule is CCCN=Cc1ccncc1C(CCI)c1ccccc1.CF.[C-]#[N+]C. The van der Waals surface area contributed by atoms with E-state index in [4.69, 9.17) is 6.57 Å². The summed E-state index contributed by atoms with van der Waals surface area (Å²) in [5.74, 6) is 0.389. The van der Waals surface area contributed by atoms with Crippen molar-refractivity contribution in [3.8, 4) is 0 Å². The van der Waals surface area contributed by atoms with Crippen molar-refractivity contribution in [2.24, 2.45) is 4.99 Å². The highest BCUT2D eigenvalue weighted by molar-refractivity contribution is 14.1. The first kappa shape index (κ1) is 24.2. The van der Waals surface area contributed by atoms with Crippen molar-refractivity contribution in [2.75, 3.05) is 25.2 Å². The molecule has 2 aromatic rings. The predicted octanol–water partition coefficient (Wildman–Crippen LogP) is 5.99. The van der Waals surface area contributed by atoms with Gasteiger partial charge in [0.25, 0.3) is 0 Å². The average Bonchev–Trinajstić information content (AvgIpc) is 2.70. The normalized spacial score (nSPS) is 10.8. The Kier molecular flexibility index (Phi) is 15.5. The second kappa shape index (κ2) is 16.6. The highest BCUT2D eigenvalue weighted by atomic mass is 127. The molecule has 0 radical (unpaired) electrons. The number of halogens is 2. The molecule has 1 aromatic heterocycles. The van der Waals surface area contributed by atoms with Gasteiger partial charge in [0.15, 0.2) is 0 Å². The molecule has 0 bridgehead atoms. The van der Waals surface area contributed by atoms with Gasteiger partial charge in [-0.1, -0.05) is 59.8 Å². The van der Waals surface area contributed by atoms with E-state index in [9.17, 15) is 4.39 Å². The Morgan fingerprint density at radius 1 is 1.27 bits per heavy atom. The van der Waals surface area contributed by atoms with E-state index in [1.54, 1.807) is 0 Å². The van der Waals surface area contributed by atoms with Crippen LogP contribution < -0.4 is 0 Å². The van der Waals surface area contributed by atoms with Crippen LogP contribution in [0.4, 0.5) is 4.39 Å². The number of hydrogen-bond donors (Lipinski definition) is 0. The van der Waals surface area contributed by atoms with Gasteiger partial charge < -0.3 is 4.85 Å². The summed E-state index contributed by atoms with van der Waals surface area (Å²) in [6, 6.07) is 12.8. The summed E-state index contributed by atoms with van der Waals surface area (Å²) in [5.41, 5.74) is 3.82. The molecular formula is C21H27FIN3. The lowest BCUT2D eigenvalue weighted by atomic mass is 9.88. The maximum atomic E-state index is 9.50. The van der Waals surface area contributed by atoms with Gasteiger partial charge in [-0.3, -0.25) is 14.4 Å². The van der Waals surface area contributed by atoms with E-state index in [1.165, 1.54) is 23.7 Å². The van der Waals surface area contributed by atoms with Crippen molar-refractivity contribution in [2.45, 2.75) is 25.7 Å². The maximum Gasteiger partial charge on any atom is 0.205 e. The highest BCUT2D eigenvalue weighted by Gasteiger charge is 2.16. The van der Waals surface area contributed by atoms with Crippen LogP contribution in [-0.4, -0.2) is 36.4 Å². The number of nitrogens with zero attached hydrogens (tertiary/aromatic N) is 3. The number of aromatic nitrogens is 1. The second-order valence-electron chi connectivity index (χ2n) is 5.20. The van der Waals surface area contributed by atoms with Crippen LogP contribution in [0.5, 0.6) is 0 Å². The first-order valence-electron chi connectivity index (χ1n) is 8.46. The minimum absolute atomic E-state index is 0.389. The molecule has 1 unspecified atom stereocenters. The number of rotatable bonds is 7. The summed E-state index contributed by atoms with van der Waals surface area (Å²) >= 11 is 2.45. The number of pyridine rings is 1. The Labute approximate surface area is 170 Å². The fourth-order valence-electron chi connectivity index (χ4n) is 2.41. The first-order valence-corrected chi connectivity index (χ1v) is 9.99. The zero-order valence-corrected chi connectivity index (χ0v) is 17.9. The van der Waals surface area contributed by atoms with Crippen molar-refractivity contribution < 1.29 is 4.39 Å². The lowest BCUT2D eigenvalue weighted by Crippen LogP contribution is -2.06. The van der Waals surface area contributed by atoms with E-state index in [1.807, 2.05) is 18.6 Å². The lowest BCUT2D eigenvalue weighted by molar-refractivity contribution is 0.636. The molecule has 0 fully saturated rings. The predicted molar refractivity (Wildman–Crippen MR) is 118 cm³/mol. The molecule has 26 heavy (non-hydrogen) atoms. The van der Waals surface area contributed by atoms with Gasteiger partial charge >= 0.3 is 0 Å². The molecule has 140 valence electrons. The van der Waals surface area contributed by atoms with Crippen molar-refractivity contribution >= 4 is 28.8 Å². The molecule has 1 heterocycles. The molecule has 0 aliphatic carbocycles. The summed E-state index contributed by atoms with van der Waals surface area (Å²) in [6.07, 6.45) is 8.04. The molecule has 1 atom stereocenters. The zero-order chi connectivity index (χ0) is 19.6. The summed E-state index contributed by atoms with van der Waals surface area (Å²) in [4.78, 5) is 11.6. The molecule has 0 aliphatic rings. The van der Waals surface area contributed by atoms with E-state index < -0.39 is 0 Å². The lowest BCUT2D eigenvalue weighted by Gasteiger charge is -2.18. The summed E-state index contributed by atoms with van der Waals surface area (Å²) in [6.45, 7) is 8.86. The smallest absolute Gasteiger partial charge is 0.205 e. The molecule has 0 saturated heterocycles. The van der Waals surface area contributed by atoms with Crippen LogP contribution >= 0.6 is 22.6 Å². The van der Waals surface area contributed by atoms with Crippen LogP contribution in [-0.2, 0) is 0 Å². The van der Waals surface area contributed by atoms with Gasteiger partial charge in [-0.05, 0) is 35.6 Å². The minimum Gasteiger partial charge on any atom is -0.320 e. The number of alkyl halides is 2. The summed E-state index contributed by atoms with van der Waals surface area (Å²) < 4.78 is 10.6.